The number of likely N-dealkylation sites (tertiary alicyclic amines) is 2. The zero-order valence-corrected chi connectivity index (χ0v) is 11.5. The molecule has 2 saturated heterocycles. The fourth-order valence-corrected chi connectivity index (χ4v) is 3.08. The summed E-state index contributed by atoms with van der Waals surface area (Å²) in [6.45, 7) is 5.68. The van der Waals surface area contributed by atoms with Crippen molar-refractivity contribution < 1.29 is 4.79 Å². The van der Waals surface area contributed by atoms with Crippen LogP contribution >= 0.6 is 12.6 Å². The van der Waals surface area contributed by atoms with Gasteiger partial charge in [0.25, 0.3) is 0 Å². The maximum absolute atomic E-state index is 11.7. The zero-order valence-electron chi connectivity index (χ0n) is 10.6. The summed E-state index contributed by atoms with van der Waals surface area (Å²) in [5.41, 5.74) is 0. The van der Waals surface area contributed by atoms with Crippen molar-refractivity contribution in [1.82, 2.24) is 9.80 Å². The topological polar surface area (TPSA) is 23.6 Å². The van der Waals surface area contributed by atoms with E-state index in [0.717, 1.165) is 31.7 Å². The molecular formula is C13H24N2OS. The average Bonchev–Trinajstić information content (AvgIpc) is 2.94. The smallest absolute Gasteiger partial charge is 0.222 e. The second-order valence-electron chi connectivity index (χ2n) is 5.35. The van der Waals surface area contributed by atoms with Gasteiger partial charge in [-0.15, -0.1) is 0 Å². The molecule has 2 heterocycles. The molecular weight excluding hydrogens is 232 g/mol. The third kappa shape index (κ3) is 3.88. The molecule has 1 amide bonds. The normalized spacial score (nSPS) is 26.1. The number of carbonyl (C=O) groups is 1. The molecule has 1 unspecified atom stereocenters. The van der Waals surface area contributed by atoms with Crippen LogP contribution in [-0.2, 0) is 4.79 Å². The van der Waals surface area contributed by atoms with Crippen LogP contribution in [-0.4, -0.2) is 54.2 Å². The first-order valence-corrected chi connectivity index (χ1v) is 7.54. The van der Waals surface area contributed by atoms with Gasteiger partial charge in [-0.2, -0.15) is 12.6 Å². The molecule has 0 bridgehead atoms. The van der Waals surface area contributed by atoms with Crippen LogP contribution in [0.25, 0.3) is 0 Å². The molecule has 0 aromatic heterocycles. The Kier molecular flexibility index (Phi) is 5.16. The number of nitrogens with zero attached hydrogens (tertiary/aromatic N) is 2. The molecule has 1 atom stereocenters. The summed E-state index contributed by atoms with van der Waals surface area (Å²) in [4.78, 5) is 16.3. The van der Waals surface area contributed by atoms with Crippen LogP contribution < -0.4 is 0 Å². The molecule has 0 saturated carbocycles. The third-order valence-electron chi connectivity index (χ3n) is 3.90. The van der Waals surface area contributed by atoms with Gasteiger partial charge in [0.1, 0.15) is 0 Å². The highest BCUT2D eigenvalue weighted by atomic mass is 32.1. The lowest BCUT2D eigenvalue weighted by atomic mass is 10.1. The van der Waals surface area contributed by atoms with Crippen molar-refractivity contribution >= 4 is 18.5 Å². The van der Waals surface area contributed by atoms with Gasteiger partial charge in [0.2, 0.25) is 5.91 Å². The van der Waals surface area contributed by atoms with Gasteiger partial charge >= 0.3 is 0 Å². The lowest BCUT2D eigenvalue weighted by Crippen LogP contribution is -2.27. The van der Waals surface area contributed by atoms with E-state index in [9.17, 15) is 4.79 Å². The van der Waals surface area contributed by atoms with E-state index >= 15 is 0 Å². The van der Waals surface area contributed by atoms with E-state index in [-0.39, 0.29) is 0 Å². The lowest BCUT2D eigenvalue weighted by Gasteiger charge is -2.18. The Morgan fingerprint density at radius 3 is 2.53 bits per heavy atom. The lowest BCUT2D eigenvalue weighted by molar-refractivity contribution is -0.127. The molecule has 2 aliphatic rings. The summed E-state index contributed by atoms with van der Waals surface area (Å²) >= 11 is 4.28. The van der Waals surface area contributed by atoms with Crippen molar-refractivity contribution in [2.45, 2.75) is 32.1 Å². The van der Waals surface area contributed by atoms with Crippen LogP contribution in [0.2, 0.25) is 0 Å². The first-order chi connectivity index (χ1) is 8.29. The fourth-order valence-electron chi connectivity index (χ4n) is 2.84. The van der Waals surface area contributed by atoms with Gasteiger partial charge in [-0.05, 0) is 57.0 Å². The second-order valence-corrected chi connectivity index (χ2v) is 5.71. The predicted molar refractivity (Wildman–Crippen MR) is 73.4 cm³/mol. The number of hydrogen-bond donors (Lipinski definition) is 1. The summed E-state index contributed by atoms with van der Waals surface area (Å²) < 4.78 is 0. The molecule has 17 heavy (non-hydrogen) atoms. The minimum atomic E-state index is 0.338. The molecule has 0 spiro atoms. The molecule has 2 aliphatic heterocycles. The summed E-state index contributed by atoms with van der Waals surface area (Å²) in [6.07, 6.45) is 5.84. The molecule has 2 rings (SSSR count). The Bertz CT molecular complexity index is 254. The first kappa shape index (κ1) is 13.2. The number of unbranched alkanes of at least 4 members (excludes halogenated alkanes) is 1. The van der Waals surface area contributed by atoms with Crippen molar-refractivity contribution in [3.05, 3.63) is 0 Å². The number of carbonyl (C=O) groups excluding carboxylic acids is 1. The van der Waals surface area contributed by atoms with Crippen molar-refractivity contribution in [2.24, 2.45) is 5.92 Å². The maximum atomic E-state index is 11.7. The van der Waals surface area contributed by atoms with Crippen LogP contribution in [0.1, 0.15) is 32.1 Å². The molecule has 2 fully saturated rings. The van der Waals surface area contributed by atoms with E-state index in [1.807, 2.05) is 4.90 Å². The molecule has 0 aromatic rings. The van der Waals surface area contributed by atoms with Gasteiger partial charge in [-0.25, -0.2) is 0 Å². The maximum Gasteiger partial charge on any atom is 0.222 e. The van der Waals surface area contributed by atoms with Crippen molar-refractivity contribution in [3.8, 4) is 0 Å². The minimum Gasteiger partial charge on any atom is -0.342 e. The van der Waals surface area contributed by atoms with Gasteiger partial charge in [0, 0.05) is 19.5 Å². The van der Waals surface area contributed by atoms with Crippen molar-refractivity contribution in [1.29, 1.82) is 0 Å². The molecule has 4 heteroatoms. The van der Waals surface area contributed by atoms with Crippen LogP contribution in [0.15, 0.2) is 0 Å². The molecule has 98 valence electrons. The van der Waals surface area contributed by atoms with E-state index in [1.54, 1.807) is 0 Å². The molecule has 0 aromatic carbocycles. The van der Waals surface area contributed by atoms with E-state index in [2.05, 4.69) is 17.5 Å². The van der Waals surface area contributed by atoms with Crippen molar-refractivity contribution in [3.63, 3.8) is 0 Å². The van der Waals surface area contributed by atoms with Gasteiger partial charge < -0.3 is 9.80 Å². The van der Waals surface area contributed by atoms with Gasteiger partial charge in [0.15, 0.2) is 0 Å². The number of rotatable bonds is 6. The number of hydrogen-bond acceptors (Lipinski definition) is 3. The average molecular weight is 256 g/mol. The highest BCUT2D eigenvalue weighted by Crippen LogP contribution is 2.19. The molecule has 0 N–H and O–H groups in total. The predicted octanol–water partition coefficient (Wildman–Crippen LogP) is 1.64. The van der Waals surface area contributed by atoms with Crippen molar-refractivity contribution in [2.75, 3.05) is 38.5 Å². The Labute approximate surface area is 110 Å². The van der Waals surface area contributed by atoms with Crippen LogP contribution in [0.3, 0.4) is 0 Å². The van der Waals surface area contributed by atoms with Crippen LogP contribution in [0, 0.1) is 5.92 Å². The summed E-state index contributed by atoms with van der Waals surface area (Å²) in [5, 5.41) is 0. The van der Waals surface area contributed by atoms with Gasteiger partial charge in [0.05, 0.1) is 0 Å². The standard InChI is InChI=1S/C13H24N2OS/c16-13-9-12(11-17)10-15(13)8-4-3-7-14-5-1-2-6-14/h12,17H,1-11H2. The monoisotopic (exact) mass is 256 g/mol. The fraction of sp³-hybridized carbons (Fsp3) is 0.923. The van der Waals surface area contributed by atoms with Gasteiger partial charge in [-0.1, -0.05) is 0 Å². The Hall–Kier alpha value is -0.220. The summed E-state index contributed by atoms with van der Waals surface area (Å²) in [6, 6.07) is 0. The second kappa shape index (κ2) is 6.64. The molecule has 0 radical (unpaired) electrons. The van der Waals surface area contributed by atoms with Gasteiger partial charge in [-0.3, -0.25) is 4.79 Å². The highest BCUT2D eigenvalue weighted by molar-refractivity contribution is 7.80. The Morgan fingerprint density at radius 1 is 1.18 bits per heavy atom. The highest BCUT2D eigenvalue weighted by Gasteiger charge is 2.27. The number of thiol groups is 1. The van der Waals surface area contributed by atoms with Crippen LogP contribution in [0.4, 0.5) is 0 Å². The summed E-state index contributed by atoms with van der Waals surface area (Å²) in [7, 11) is 0. The zero-order chi connectivity index (χ0) is 12.1. The van der Waals surface area contributed by atoms with E-state index in [1.165, 1.54) is 38.9 Å². The summed E-state index contributed by atoms with van der Waals surface area (Å²) in [5.74, 6) is 1.67. The Morgan fingerprint density at radius 2 is 1.88 bits per heavy atom. The minimum absolute atomic E-state index is 0.338. The quantitative estimate of drug-likeness (QED) is 0.577. The van der Waals surface area contributed by atoms with E-state index in [0.29, 0.717) is 11.8 Å². The third-order valence-corrected chi connectivity index (χ3v) is 4.42. The van der Waals surface area contributed by atoms with Crippen LogP contribution in [0.5, 0.6) is 0 Å². The Balaban J connectivity index is 1.57. The number of amides is 1. The molecule has 3 nitrogen and oxygen atoms in total. The van der Waals surface area contributed by atoms with E-state index in [4.69, 9.17) is 0 Å². The largest absolute Gasteiger partial charge is 0.342 e. The van der Waals surface area contributed by atoms with E-state index < -0.39 is 0 Å². The SMILES string of the molecule is O=C1CC(CS)CN1CCCCN1CCCC1. The first-order valence-electron chi connectivity index (χ1n) is 6.90. The molecule has 0 aliphatic carbocycles.